The van der Waals surface area contributed by atoms with E-state index in [1.54, 1.807) is 50.2 Å². The molecule has 0 aliphatic carbocycles. The highest BCUT2D eigenvalue weighted by atomic mass is 35.5. The number of benzene rings is 2. The third-order valence-corrected chi connectivity index (χ3v) is 5.63. The van der Waals surface area contributed by atoms with Gasteiger partial charge in [-0.2, -0.15) is 5.10 Å². The molecule has 0 bridgehead atoms. The van der Waals surface area contributed by atoms with E-state index in [0.717, 1.165) is 25.9 Å². The van der Waals surface area contributed by atoms with Crippen LogP contribution >= 0.6 is 11.6 Å². The zero-order chi connectivity index (χ0) is 24.0. The van der Waals surface area contributed by atoms with Gasteiger partial charge in [-0.15, -0.1) is 0 Å². The summed E-state index contributed by atoms with van der Waals surface area (Å²) in [6, 6.07) is 10.4. The van der Waals surface area contributed by atoms with Crippen LogP contribution in [0, 0.1) is 16.0 Å². The van der Waals surface area contributed by atoms with Crippen molar-refractivity contribution in [2.75, 3.05) is 18.0 Å². The number of rotatable bonds is 8. The first-order valence-electron chi connectivity index (χ1n) is 10.7. The molecule has 1 aliphatic heterocycles. The zero-order valence-corrected chi connectivity index (χ0v) is 19.2. The van der Waals surface area contributed by atoms with Crippen LogP contribution in [0.3, 0.4) is 0 Å². The van der Waals surface area contributed by atoms with Crippen LogP contribution in [0.25, 0.3) is 0 Å². The van der Waals surface area contributed by atoms with Crippen LogP contribution in [-0.4, -0.2) is 42.1 Å². The fourth-order valence-corrected chi connectivity index (χ4v) is 3.72. The van der Waals surface area contributed by atoms with E-state index in [-0.39, 0.29) is 11.6 Å². The predicted octanol–water partition coefficient (Wildman–Crippen LogP) is 3.75. The summed E-state index contributed by atoms with van der Waals surface area (Å²) >= 11 is 5.85. The number of nitrogens with one attached hydrogen (secondary N) is 2. The fraction of sp³-hybridized carbons (Fsp3) is 0.348. The Labute approximate surface area is 197 Å². The SMILES string of the molecule is CC(C)C(NC(=O)c1ccc(Cl)cc1)C(=O)N/N=C\c1ccc(N2CCCC2)c([N+](=O)[O-])c1. The molecule has 2 N–H and O–H groups in total. The number of halogens is 1. The summed E-state index contributed by atoms with van der Waals surface area (Å²) in [5.74, 6) is -1.10. The van der Waals surface area contributed by atoms with Gasteiger partial charge in [0.05, 0.1) is 11.1 Å². The van der Waals surface area contributed by atoms with Crippen LogP contribution in [0.2, 0.25) is 5.02 Å². The molecule has 3 rings (SSSR count). The molecule has 0 aromatic heterocycles. The minimum atomic E-state index is -0.822. The van der Waals surface area contributed by atoms with Crippen molar-refractivity contribution in [2.45, 2.75) is 32.7 Å². The van der Waals surface area contributed by atoms with Crippen molar-refractivity contribution in [1.82, 2.24) is 10.7 Å². The number of hydrazone groups is 1. The molecule has 9 nitrogen and oxygen atoms in total. The van der Waals surface area contributed by atoms with Gasteiger partial charge in [-0.1, -0.05) is 31.5 Å². The maximum absolute atomic E-state index is 12.6. The van der Waals surface area contributed by atoms with E-state index in [1.807, 2.05) is 4.90 Å². The van der Waals surface area contributed by atoms with Gasteiger partial charge in [-0.25, -0.2) is 5.43 Å². The Hall–Kier alpha value is -3.46. The normalized spacial score (nSPS) is 14.5. The van der Waals surface area contributed by atoms with E-state index in [1.165, 1.54) is 12.3 Å². The minimum Gasteiger partial charge on any atom is -0.366 e. The largest absolute Gasteiger partial charge is 0.366 e. The Kier molecular flexibility index (Phi) is 8.00. The Morgan fingerprint density at radius 3 is 2.42 bits per heavy atom. The van der Waals surface area contributed by atoms with E-state index in [9.17, 15) is 19.7 Å². The molecule has 0 spiro atoms. The van der Waals surface area contributed by atoms with Gasteiger partial charge in [0.15, 0.2) is 0 Å². The van der Waals surface area contributed by atoms with E-state index >= 15 is 0 Å². The first-order chi connectivity index (χ1) is 15.8. The second-order valence-electron chi connectivity index (χ2n) is 8.14. The number of carbonyl (C=O) groups excluding carboxylic acids is 2. The van der Waals surface area contributed by atoms with E-state index in [2.05, 4.69) is 15.8 Å². The number of nitrogens with zero attached hydrogens (tertiary/aromatic N) is 3. The van der Waals surface area contributed by atoms with Gasteiger partial charge < -0.3 is 10.2 Å². The smallest absolute Gasteiger partial charge is 0.293 e. The quantitative estimate of drug-likeness (QED) is 0.345. The van der Waals surface area contributed by atoms with Crippen molar-refractivity contribution in [2.24, 2.45) is 11.0 Å². The zero-order valence-electron chi connectivity index (χ0n) is 18.5. The van der Waals surface area contributed by atoms with Crippen molar-refractivity contribution >= 4 is 41.0 Å². The van der Waals surface area contributed by atoms with Gasteiger partial charge in [0, 0.05) is 35.3 Å². The maximum Gasteiger partial charge on any atom is 0.293 e. The van der Waals surface area contributed by atoms with Crippen LogP contribution in [-0.2, 0) is 4.79 Å². The van der Waals surface area contributed by atoms with Gasteiger partial charge in [-0.05, 0) is 49.1 Å². The molecule has 1 unspecified atom stereocenters. The second kappa shape index (κ2) is 10.9. The number of amides is 2. The summed E-state index contributed by atoms with van der Waals surface area (Å²) in [4.78, 5) is 38.2. The minimum absolute atomic E-state index is 0.00228. The summed E-state index contributed by atoms with van der Waals surface area (Å²) in [5, 5.41) is 18.7. The molecule has 10 heteroatoms. The fourth-order valence-electron chi connectivity index (χ4n) is 3.59. The standard InChI is InChI=1S/C23H26ClN5O4/c1-15(2)21(26-22(30)17-6-8-18(24)9-7-17)23(31)27-25-14-16-5-10-19(20(13-16)29(32)33)28-11-3-4-12-28/h5-10,13-15,21H,3-4,11-12H2,1-2H3,(H,26,30)(H,27,31)/b25-14-. The van der Waals surface area contributed by atoms with Crippen molar-refractivity contribution < 1.29 is 14.5 Å². The average molecular weight is 472 g/mol. The first kappa shape index (κ1) is 24.2. The van der Waals surface area contributed by atoms with Crippen molar-refractivity contribution in [1.29, 1.82) is 0 Å². The third-order valence-electron chi connectivity index (χ3n) is 5.37. The second-order valence-corrected chi connectivity index (χ2v) is 8.57. The highest BCUT2D eigenvalue weighted by Gasteiger charge is 2.25. The van der Waals surface area contributed by atoms with E-state index in [4.69, 9.17) is 11.6 Å². The van der Waals surface area contributed by atoms with Crippen LogP contribution < -0.4 is 15.6 Å². The monoisotopic (exact) mass is 471 g/mol. The van der Waals surface area contributed by atoms with Crippen LogP contribution in [0.5, 0.6) is 0 Å². The summed E-state index contributed by atoms with van der Waals surface area (Å²) in [5.41, 5.74) is 3.86. The molecule has 174 valence electrons. The van der Waals surface area contributed by atoms with Gasteiger partial charge in [0.25, 0.3) is 17.5 Å². The van der Waals surface area contributed by atoms with Gasteiger partial charge >= 0.3 is 0 Å². The highest BCUT2D eigenvalue weighted by molar-refractivity contribution is 6.30. The van der Waals surface area contributed by atoms with Crippen molar-refractivity contribution in [3.05, 3.63) is 68.7 Å². The Bertz CT molecular complexity index is 1050. The molecule has 2 aromatic carbocycles. The van der Waals surface area contributed by atoms with Gasteiger partial charge in [0.2, 0.25) is 0 Å². The molecular weight excluding hydrogens is 446 g/mol. The predicted molar refractivity (Wildman–Crippen MR) is 128 cm³/mol. The Morgan fingerprint density at radius 1 is 1.15 bits per heavy atom. The number of hydrogen-bond acceptors (Lipinski definition) is 6. The van der Waals surface area contributed by atoms with Crippen molar-refractivity contribution in [3.63, 3.8) is 0 Å². The van der Waals surface area contributed by atoms with Crippen LogP contribution in [0.15, 0.2) is 47.6 Å². The number of hydrogen-bond donors (Lipinski definition) is 2. The lowest BCUT2D eigenvalue weighted by Gasteiger charge is -2.20. The number of nitro benzene ring substituents is 1. The summed E-state index contributed by atoms with van der Waals surface area (Å²) < 4.78 is 0. The average Bonchev–Trinajstić information content (AvgIpc) is 3.32. The Balaban J connectivity index is 1.66. The number of anilines is 1. The lowest BCUT2D eigenvalue weighted by atomic mass is 10.0. The van der Waals surface area contributed by atoms with Gasteiger partial charge in [-0.3, -0.25) is 19.7 Å². The first-order valence-corrected chi connectivity index (χ1v) is 11.1. The molecule has 33 heavy (non-hydrogen) atoms. The van der Waals surface area contributed by atoms with E-state index < -0.39 is 22.8 Å². The lowest BCUT2D eigenvalue weighted by Crippen LogP contribution is -2.48. The topological polar surface area (TPSA) is 117 Å². The number of carbonyl (C=O) groups is 2. The molecule has 0 radical (unpaired) electrons. The maximum atomic E-state index is 12.6. The summed E-state index contributed by atoms with van der Waals surface area (Å²) in [6.07, 6.45) is 3.37. The third kappa shape index (κ3) is 6.29. The molecule has 0 saturated carbocycles. The molecule has 1 heterocycles. The van der Waals surface area contributed by atoms with Crippen molar-refractivity contribution in [3.8, 4) is 0 Å². The molecular formula is C23H26ClN5O4. The van der Waals surface area contributed by atoms with E-state index in [0.29, 0.717) is 21.8 Å². The summed E-state index contributed by atoms with van der Waals surface area (Å²) in [7, 11) is 0. The molecule has 2 amide bonds. The number of nitro groups is 1. The lowest BCUT2D eigenvalue weighted by molar-refractivity contribution is -0.384. The molecule has 2 aromatic rings. The highest BCUT2D eigenvalue weighted by Crippen LogP contribution is 2.31. The van der Waals surface area contributed by atoms with Crippen LogP contribution in [0.4, 0.5) is 11.4 Å². The Morgan fingerprint density at radius 2 is 1.82 bits per heavy atom. The molecule has 1 saturated heterocycles. The van der Waals surface area contributed by atoms with Gasteiger partial charge in [0.1, 0.15) is 11.7 Å². The molecule has 1 atom stereocenters. The molecule has 1 fully saturated rings. The molecule has 1 aliphatic rings. The summed E-state index contributed by atoms with van der Waals surface area (Å²) in [6.45, 7) is 5.19. The van der Waals surface area contributed by atoms with Crippen LogP contribution in [0.1, 0.15) is 42.6 Å².